The maximum Gasteiger partial charge on any atom is 0.247 e. The Morgan fingerprint density at radius 3 is 2.38 bits per heavy atom. The van der Waals surface area contributed by atoms with Gasteiger partial charge in [0.25, 0.3) is 0 Å². The van der Waals surface area contributed by atoms with Gasteiger partial charge in [-0.05, 0) is 68.9 Å². The average Bonchev–Trinajstić information content (AvgIpc) is 3.77. The molecule has 1 aliphatic carbocycles. The molecular weight excluding hydrogens is 623 g/mol. The number of thioether (sulfide) groups is 1. The number of ether oxygens (including phenoxy) is 1. The van der Waals surface area contributed by atoms with Crippen molar-refractivity contribution in [2.75, 3.05) is 31.2 Å². The topological polar surface area (TPSA) is 90.4 Å². The standard InChI is InChI=1S/C39H49N3O5S/c1-4-23-40(29-17-19-31(20-18-29)47-6-3)36(44)33-32-21-22-39(48-32)34(33)37(45)42(30(26-43)25-27-13-9-7-10-14-27)35(39)38(46)41(24-5-2)28-15-11-8-12-16-28/h4-5,7,9-10,13-14,17-20,28,30,32-35,43H,1-2,6,8,11-12,15-16,21-26H2,3H3/t30-,32-,33+,34+,35?,39?/m1/s1. The van der Waals surface area contributed by atoms with Crippen LogP contribution in [0.25, 0.3) is 0 Å². The second-order valence-corrected chi connectivity index (χ2v) is 15.2. The molecule has 1 spiro atoms. The Kier molecular flexibility index (Phi) is 10.7. The van der Waals surface area contributed by atoms with Crippen LogP contribution in [0.4, 0.5) is 5.69 Å². The maximum atomic E-state index is 15.1. The Hall–Kier alpha value is -3.56. The molecule has 3 saturated heterocycles. The number of carbonyl (C=O) groups excluding carboxylic acids is 3. The molecule has 4 fully saturated rings. The quantitative estimate of drug-likeness (QED) is 0.262. The van der Waals surface area contributed by atoms with Gasteiger partial charge in [-0.3, -0.25) is 14.4 Å². The third-order valence-corrected chi connectivity index (χ3v) is 12.8. The molecule has 0 aromatic heterocycles. The second kappa shape index (κ2) is 14.9. The van der Waals surface area contributed by atoms with E-state index in [1.54, 1.807) is 33.7 Å². The van der Waals surface area contributed by atoms with Crippen LogP contribution < -0.4 is 9.64 Å². The van der Waals surface area contributed by atoms with Gasteiger partial charge in [-0.15, -0.1) is 24.9 Å². The van der Waals surface area contributed by atoms with Gasteiger partial charge in [0, 0.05) is 30.1 Å². The van der Waals surface area contributed by atoms with E-state index in [9.17, 15) is 14.7 Å². The summed E-state index contributed by atoms with van der Waals surface area (Å²) < 4.78 is 4.88. The summed E-state index contributed by atoms with van der Waals surface area (Å²) in [5.74, 6) is -0.923. The first-order valence-electron chi connectivity index (χ1n) is 17.6. The Balaban J connectivity index is 1.40. The number of anilines is 1. The molecule has 6 atom stereocenters. The van der Waals surface area contributed by atoms with E-state index < -0.39 is 28.7 Å². The van der Waals surface area contributed by atoms with Crippen molar-refractivity contribution in [3.63, 3.8) is 0 Å². The van der Waals surface area contributed by atoms with E-state index in [2.05, 4.69) is 13.2 Å². The summed E-state index contributed by atoms with van der Waals surface area (Å²) in [5, 5.41) is 10.8. The third-order valence-electron chi connectivity index (χ3n) is 10.8. The van der Waals surface area contributed by atoms with Gasteiger partial charge >= 0.3 is 0 Å². The van der Waals surface area contributed by atoms with Gasteiger partial charge in [-0.25, -0.2) is 0 Å². The number of aliphatic hydroxyl groups excluding tert-OH is 1. The smallest absolute Gasteiger partial charge is 0.247 e. The highest BCUT2D eigenvalue weighted by Gasteiger charge is 2.74. The van der Waals surface area contributed by atoms with E-state index in [4.69, 9.17) is 4.74 Å². The van der Waals surface area contributed by atoms with Crippen LogP contribution >= 0.6 is 11.8 Å². The lowest BCUT2D eigenvalue weighted by Gasteiger charge is -2.42. The lowest BCUT2D eigenvalue weighted by atomic mass is 9.70. The van der Waals surface area contributed by atoms with Crippen molar-refractivity contribution in [1.82, 2.24) is 9.80 Å². The molecule has 3 amide bonds. The average molecular weight is 672 g/mol. The Morgan fingerprint density at radius 2 is 1.73 bits per heavy atom. The fourth-order valence-electron chi connectivity index (χ4n) is 8.81. The minimum absolute atomic E-state index is 0.0696. The first-order valence-corrected chi connectivity index (χ1v) is 18.5. The van der Waals surface area contributed by atoms with Crippen molar-refractivity contribution in [1.29, 1.82) is 0 Å². The van der Waals surface area contributed by atoms with Crippen LogP contribution in [-0.2, 0) is 20.8 Å². The number of benzene rings is 2. The molecule has 2 unspecified atom stereocenters. The van der Waals surface area contributed by atoms with Crippen LogP contribution in [0.15, 0.2) is 79.9 Å². The SMILES string of the molecule is C=CCN(C(=O)[C@@H]1[C@H]2C(=O)N([C@@H](CO)Cc3ccccc3)C(C(=O)N(CC=C)C3CCCCC3)C23CC[C@H]1S3)c1ccc(OCC)cc1. The zero-order chi connectivity index (χ0) is 33.8. The molecule has 256 valence electrons. The van der Waals surface area contributed by atoms with E-state index in [0.717, 1.165) is 49.8 Å². The summed E-state index contributed by atoms with van der Waals surface area (Å²) in [6.45, 7) is 10.8. The second-order valence-electron chi connectivity index (χ2n) is 13.6. The summed E-state index contributed by atoms with van der Waals surface area (Å²) in [6, 6.07) is 16.0. The van der Waals surface area contributed by atoms with Crippen molar-refractivity contribution >= 4 is 35.2 Å². The van der Waals surface area contributed by atoms with Crippen LogP contribution in [0.5, 0.6) is 5.75 Å². The minimum Gasteiger partial charge on any atom is -0.494 e. The van der Waals surface area contributed by atoms with Crippen LogP contribution in [0, 0.1) is 11.8 Å². The molecule has 1 saturated carbocycles. The van der Waals surface area contributed by atoms with Crippen LogP contribution in [0.3, 0.4) is 0 Å². The fourth-order valence-corrected chi connectivity index (χ4v) is 11.0. The lowest BCUT2D eigenvalue weighted by molar-refractivity contribution is -0.147. The van der Waals surface area contributed by atoms with Gasteiger partial charge in [-0.1, -0.05) is 61.7 Å². The van der Waals surface area contributed by atoms with Gasteiger partial charge in [-0.2, -0.15) is 0 Å². The Bertz CT molecular complexity index is 1480. The van der Waals surface area contributed by atoms with Crippen molar-refractivity contribution in [2.24, 2.45) is 11.8 Å². The number of carbonyl (C=O) groups is 3. The first kappa shape index (κ1) is 34.3. The molecule has 6 rings (SSSR count). The summed E-state index contributed by atoms with van der Waals surface area (Å²) in [6.07, 6.45) is 10.5. The van der Waals surface area contributed by atoms with Crippen LogP contribution in [0.2, 0.25) is 0 Å². The highest BCUT2D eigenvalue weighted by atomic mass is 32.2. The molecule has 1 N–H and O–H groups in total. The van der Waals surface area contributed by atoms with Crippen LogP contribution in [0.1, 0.15) is 57.4 Å². The number of amides is 3. The molecule has 2 aromatic rings. The zero-order valence-electron chi connectivity index (χ0n) is 28.0. The van der Waals surface area contributed by atoms with Crippen molar-refractivity contribution in [3.8, 4) is 5.75 Å². The zero-order valence-corrected chi connectivity index (χ0v) is 28.9. The monoisotopic (exact) mass is 671 g/mol. The number of hydrogen-bond acceptors (Lipinski definition) is 6. The van der Waals surface area contributed by atoms with E-state index >= 15 is 4.79 Å². The highest BCUT2D eigenvalue weighted by Crippen LogP contribution is 2.67. The maximum absolute atomic E-state index is 15.1. The van der Waals surface area contributed by atoms with Gasteiger partial charge < -0.3 is 24.5 Å². The third kappa shape index (κ3) is 6.20. The molecule has 2 bridgehead atoms. The number of hydrogen-bond donors (Lipinski definition) is 1. The molecule has 2 aromatic carbocycles. The van der Waals surface area contributed by atoms with Crippen molar-refractivity contribution in [2.45, 2.75) is 86.4 Å². The summed E-state index contributed by atoms with van der Waals surface area (Å²) >= 11 is 1.68. The molecular formula is C39H49N3O5S. The molecule has 3 heterocycles. The van der Waals surface area contributed by atoms with Crippen molar-refractivity contribution in [3.05, 3.63) is 85.5 Å². The predicted molar refractivity (Wildman–Crippen MR) is 191 cm³/mol. The number of rotatable bonds is 14. The molecule has 8 nitrogen and oxygen atoms in total. The predicted octanol–water partition coefficient (Wildman–Crippen LogP) is 5.65. The van der Waals surface area contributed by atoms with Crippen molar-refractivity contribution < 1.29 is 24.2 Å². The van der Waals surface area contributed by atoms with E-state index in [1.165, 1.54) is 0 Å². The molecule has 48 heavy (non-hydrogen) atoms. The number of nitrogens with zero attached hydrogens (tertiary/aromatic N) is 3. The van der Waals surface area contributed by atoms with E-state index in [0.29, 0.717) is 38.2 Å². The van der Waals surface area contributed by atoms with Crippen LogP contribution in [-0.4, -0.2) is 87.1 Å². The van der Waals surface area contributed by atoms with E-state index in [-0.39, 0.29) is 35.6 Å². The number of fused-ring (bicyclic) bond motifs is 1. The Morgan fingerprint density at radius 1 is 1.02 bits per heavy atom. The van der Waals surface area contributed by atoms with E-state index in [1.807, 2.05) is 66.4 Å². The number of aliphatic hydroxyl groups is 1. The van der Waals surface area contributed by atoms with Gasteiger partial charge in [0.15, 0.2) is 0 Å². The first-order chi connectivity index (χ1) is 23.4. The summed E-state index contributed by atoms with van der Waals surface area (Å²) in [7, 11) is 0. The Labute approximate surface area is 289 Å². The fraction of sp³-hybridized carbons (Fsp3) is 0.513. The highest BCUT2D eigenvalue weighted by molar-refractivity contribution is 8.02. The van der Waals surface area contributed by atoms with Gasteiger partial charge in [0.1, 0.15) is 11.8 Å². The summed E-state index contributed by atoms with van der Waals surface area (Å²) in [5.41, 5.74) is 1.70. The molecule has 4 aliphatic rings. The summed E-state index contributed by atoms with van der Waals surface area (Å²) in [4.78, 5) is 50.2. The number of likely N-dealkylation sites (tertiary alicyclic amines) is 1. The minimum atomic E-state index is -0.774. The lowest BCUT2D eigenvalue weighted by Crippen LogP contribution is -2.59. The van der Waals surface area contributed by atoms with Gasteiger partial charge in [0.05, 0.1) is 35.8 Å². The van der Waals surface area contributed by atoms with Gasteiger partial charge in [0.2, 0.25) is 17.7 Å². The molecule has 0 radical (unpaired) electrons. The normalized spacial score (nSPS) is 27.0. The molecule has 3 aliphatic heterocycles. The molecule has 9 heteroatoms. The largest absolute Gasteiger partial charge is 0.494 e.